The van der Waals surface area contributed by atoms with Crippen LogP contribution in [0, 0.1) is 17.0 Å². The molecule has 1 atom stereocenters. The molecule has 140 valence electrons. The molecule has 1 heterocycles. The minimum atomic E-state index is -0.558. The van der Waals surface area contributed by atoms with E-state index in [-0.39, 0.29) is 36.5 Å². The van der Waals surface area contributed by atoms with Gasteiger partial charge in [0.15, 0.2) is 6.61 Å². The Morgan fingerprint density at radius 1 is 1.30 bits per heavy atom. The maximum atomic E-state index is 12.5. The Morgan fingerprint density at radius 3 is 2.67 bits per heavy atom. The number of aryl methyl sites for hydroxylation is 1. The van der Waals surface area contributed by atoms with Crippen LogP contribution in [0.2, 0.25) is 0 Å². The molecule has 0 radical (unpaired) electrons. The summed E-state index contributed by atoms with van der Waals surface area (Å²) < 4.78 is 5.30. The number of nitrogens with one attached hydrogen (secondary N) is 1. The standard InChI is InChI=1S/C19H19N3O5/c1-12-3-5-14(6-4-12)13(2)20-18(23)10-21-16-9-15(22(25)26)7-8-17(16)27-11-19(21)24/h3-9,13H,10-11H2,1-2H3,(H,20,23). The normalized spacial score (nSPS) is 14.1. The van der Waals surface area contributed by atoms with Gasteiger partial charge in [-0.2, -0.15) is 0 Å². The molecule has 0 saturated carbocycles. The third-order valence-corrected chi connectivity index (χ3v) is 4.35. The Hall–Kier alpha value is -3.42. The lowest BCUT2D eigenvalue weighted by Gasteiger charge is -2.29. The van der Waals surface area contributed by atoms with Gasteiger partial charge < -0.3 is 10.1 Å². The summed E-state index contributed by atoms with van der Waals surface area (Å²) in [6.07, 6.45) is 0. The molecule has 0 spiro atoms. The molecule has 27 heavy (non-hydrogen) atoms. The minimum Gasteiger partial charge on any atom is -0.482 e. The molecule has 0 saturated heterocycles. The SMILES string of the molecule is Cc1ccc(C(C)NC(=O)CN2C(=O)COc3ccc([N+](=O)[O-])cc32)cc1. The number of anilines is 1. The number of benzene rings is 2. The number of non-ortho nitro benzene ring substituents is 1. The molecule has 3 rings (SSSR count). The van der Waals surface area contributed by atoms with Gasteiger partial charge in [0.25, 0.3) is 11.6 Å². The van der Waals surface area contributed by atoms with Crippen LogP contribution in [0.1, 0.15) is 24.1 Å². The zero-order valence-electron chi connectivity index (χ0n) is 15.0. The highest BCUT2D eigenvalue weighted by molar-refractivity contribution is 6.02. The highest BCUT2D eigenvalue weighted by Gasteiger charge is 2.29. The second-order valence-electron chi connectivity index (χ2n) is 6.38. The van der Waals surface area contributed by atoms with Crippen LogP contribution in [0.4, 0.5) is 11.4 Å². The number of rotatable bonds is 5. The minimum absolute atomic E-state index is 0.175. The van der Waals surface area contributed by atoms with Gasteiger partial charge in [0.05, 0.1) is 16.7 Å². The highest BCUT2D eigenvalue weighted by atomic mass is 16.6. The van der Waals surface area contributed by atoms with E-state index in [4.69, 9.17) is 4.74 Å². The van der Waals surface area contributed by atoms with Gasteiger partial charge >= 0.3 is 0 Å². The van der Waals surface area contributed by atoms with Crippen LogP contribution >= 0.6 is 0 Å². The van der Waals surface area contributed by atoms with E-state index in [0.29, 0.717) is 5.75 Å². The van der Waals surface area contributed by atoms with Crippen LogP contribution in [0.15, 0.2) is 42.5 Å². The molecular formula is C19H19N3O5. The number of carbonyl (C=O) groups excluding carboxylic acids is 2. The molecule has 0 aliphatic carbocycles. The molecular weight excluding hydrogens is 350 g/mol. The van der Waals surface area contributed by atoms with E-state index in [1.165, 1.54) is 23.1 Å². The van der Waals surface area contributed by atoms with Crippen molar-refractivity contribution >= 4 is 23.2 Å². The lowest BCUT2D eigenvalue weighted by atomic mass is 10.1. The number of nitrogens with zero attached hydrogens (tertiary/aromatic N) is 2. The van der Waals surface area contributed by atoms with Crippen LogP contribution in [-0.2, 0) is 9.59 Å². The number of carbonyl (C=O) groups is 2. The Labute approximate surface area is 155 Å². The van der Waals surface area contributed by atoms with Gasteiger partial charge in [-0.1, -0.05) is 29.8 Å². The van der Waals surface area contributed by atoms with Crippen molar-refractivity contribution in [3.8, 4) is 5.75 Å². The van der Waals surface area contributed by atoms with Crippen molar-refractivity contribution in [3.05, 3.63) is 63.7 Å². The van der Waals surface area contributed by atoms with E-state index in [1.54, 1.807) is 0 Å². The van der Waals surface area contributed by atoms with Gasteiger partial charge in [0.2, 0.25) is 5.91 Å². The first-order chi connectivity index (χ1) is 12.8. The number of ether oxygens (including phenoxy) is 1. The molecule has 2 amide bonds. The third kappa shape index (κ3) is 4.05. The number of nitro benzene ring substituents is 1. The maximum absolute atomic E-state index is 12.5. The van der Waals surface area contributed by atoms with Crippen molar-refractivity contribution in [1.29, 1.82) is 0 Å². The third-order valence-electron chi connectivity index (χ3n) is 4.35. The number of fused-ring (bicyclic) bond motifs is 1. The molecule has 0 aromatic heterocycles. The second-order valence-corrected chi connectivity index (χ2v) is 6.38. The maximum Gasteiger partial charge on any atom is 0.271 e. The summed E-state index contributed by atoms with van der Waals surface area (Å²) in [5, 5.41) is 13.8. The molecule has 0 bridgehead atoms. The fraction of sp³-hybridized carbons (Fsp3) is 0.263. The molecule has 1 aliphatic rings. The molecule has 2 aromatic rings. The Morgan fingerprint density at radius 2 is 2.00 bits per heavy atom. The molecule has 8 nitrogen and oxygen atoms in total. The Balaban J connectivity index is 1.75. The van der Waals surface area contributed by atoms with E-state index in [9.17, 15) is 19.7 Å². The lowest BCUT2D eigenvalue weighted by molar-refractivity contribution is -0.384. The first-order valence-electron chi connectivity index (χ1n) is 8.42. The zero-order chi connectivity index (χ0) is 19.6. The number of nitro groups is 1. The van der Waals surface area contributed by atoms with Gasteiger partial charge in [-0.05, 0) is 25.5 Å². The molecule has 2 aromatic carbocycles. The summed E-state index contributed by atoms with van der Waals surface area (Å²) >= 11 is 0. The van der Waals surface area contributed by atoms with E-state index < -0.39 is 10.8 Å². The summed E-state index contributed by atoms with van der Waals surface area (Å²) in [4.78, 5) is 36.3. The Bertz CT molecular complexity index is 895. The summed E-state index contributed by atoms with van der Waals surface area (Å²) in [5.74, 6) is -0.462. The van der Waals surface area contributed by atoms with Crippen molar-refractivity contribution in [1.82, 2.24) is 5.32 Å². The van der Waals surface area contributed by atoms with Gasteiger partial charge in [0, 0.05) is 12.1 Å². The van der Waals surface area contributed by atoms with Crippen molar-refractivity contribution in [2.24, 2.45) is 0 Å². The van der Waals surface area contributed by atoms with Crippen molar-refractivity contribution in [2.45, 2.75) is 19.9 Å². The van der Waals surface area contributed by atoms with Gasteiger partial charge in [-0.15, -0.1) is 0 Å². The van der Waals surface area contributed by atoms with Gasteiger partial charge in [0.1, 0.15) is 12.3 Å². The first kappa shape index (κ1) is 18.4. The monoisotopic (exact) mass is 369 g/mol. The van der Waals surface area contributed by atoms with Crippen molar-refractivity contribution in [3.63, 3.8) is 0 Å². The van der Waals surface area contributed by atoms with Crippen molar-refractivity contribution < 1.29 is 19.2 Å². The lowest BCUT2D eigenvalue weighted by Crippen LogP contribution is -2.45. The fourth-order valence-corrected chi connectivity index (χ4v) is 2.85. The molecule has 1 aliphatic heterocycles. The average Bonchev–Trinajstić information content (AvgIpc) is 2.64. The van der Waals surface area contributed by atoms with Gasteiger partial charge in [-0.3, -0.25) is 24.6 Å². The quantitative estimate of drug-likeness (QED) is 0.644. The second kappa shape index (κ2) is 7.45. The largest absolute Gasteiger partial charge is 0.482 e. The molecule has 1 N–H and O–H groups in total. The van der Waals surface area contributed by atoms with E-state index >= 15 is 0 Å². The molecule has 1 unspecified atom stereocenters. The summed E-state index contributed by atoms with van der Waals surface area (Å²) in [7, 11) is 0. The first-order valence-corrected chi connectivity index (χ1v) is 8.42. The van der Waals surface area contributed by atoms with Crippen LogP contribution in [-0.4, -0.2) is 29.9 Å². The van der Waals surface area contributed by atoms with Gasteiger partial charge in [-0.25, -0.2) is 0 Å². The van der Waals surface area contributed by atoms with Crippen LogP contribution < -0.4 is 15.0 Å². The smallest absolute Gasteiger partial charge is 0.271 e. The van der Waals surface area contributed by atoms with E-state index in [0.717, 1.165) is 11.1 Å². The number of hydrogen-bond acceptors (Lipinski definition) is 5. The van der Waals surface area contributed by atoms with Crippen LogP contribution in [0.5, 0.6) is 5.75 Å². The predicted octanol–water partition coefficient (Wildman–Crippen LogP) is 2.51. The van der Waals surface area contributed by atoms with Crippen molar-refractivity contribution in [2.75, 3.05) is 18.1 Å². The highest BCUT2D eigenvalue weighted by Crippen LogP contribution is 2.35. The fourth-order valence-electron chi connectivity index (χ4n) is 2.85. The molecule has 8 heteroatoms. The topological polar surface area (TPSA) is 102 Å². The zero-order valence-corrected chi connectivity index (χ0v) is 15.0. The summed E-state index contributed by atoms with van der Waals surface area (Å²) in [6.45, 7) is 3.37. The summed E-state index contributed by atoms with van der Waals surface area (Å²) in [6, 6.07) is 11.5. The number of amides is 2. The van der Waals surface area contributed by atoms with Crippen LogP contribution in [0.3, 0.4) is 0 Å². The summed E-state index contributed by atoms with van der Waals surface area (Å²) in [5.41, 5.74) is 2.11. The van der Waals surface area contributed by atoms with E-state index in [1.807, 2.05) is 38.1 Å². The molecule has 0 fully saturated rings. The van der Waals surface area contributed by atoms with E-state index in [2.05, 4.69) is 5.32 Å². The predicted molar refractivity (Wildman–Crippen MR) is 98.7 cm³/mol. The average molecular weight is 369 g/mol. The number of hydrogen-bond donors (Lipinski definition) is 1. The van der Waals surface area contributed by atoms with Crippen LogP contribution in [0.25, 0.3) is 0 Å². The Kier molecular flexibility index (Phi) is 5.07.